The van der Waals surface area contributed by atoms with Crippen LogP contribution in [0.3, 0.4) is 0 Å². The van der Waals surface area contributed by atoms with Gasteiger partial charge in [0, 0.05) is 0 Å². The highest BCUT2D eigenvalue weighted by molar-refractivity contribution is 5.33. The number of methoxy groups -OCH3 is 1. The second kappa shape index (κ2) is 6.58. The van der Waals surface area contributed by atoms with Crippen molar-refractivity contribution in [2.24, 2.45) is 5.92 Å². The number of hydrogen-bond acceptors (Lipinski definition) is 3. The molecule has 1 aromatic carbocycles. The van der Waals surface area contributed by atoms with Crippen LogP contribution < -0.4 is 4.74 Å². The van der Waals surface area contributed by atoms with E-state index >= 15 is 0 Å². The third kappa shape index (κ3) is 3.27. The van der Waals surface area contributed by atoms with E-state index in [0.29, 0.717) is 0 Å². The topological polar surface area (TPSA) is 53.2 Å². The molecule has 1 aliphatic rings. The van der Waals surface area contributed by atoms with Gasteiger partial charge in [-0.15, -0.1) is 0 Å². The van der Waals surface area contributed by atoms with Crippen molar-refractivity contribution >= 4 is 0 Å². The Morgan fingerprint density at radius 2 is 1.84 bits per heavy atom. The molecule has 0 spiro atoms. The summed E-state index contributed by atoms with van der Waals surface area (Å²) in [5.41, 5.74) is 0.876. The molecule has 1 N–H and O–H groups in total. The predicted octanol–water partition coefficient (Wildman–Crippen LogP) is 3.24. The van der Waals surface area contributed by atoms with Gasteiger partial charge in [-0.3, -0.25) is 0 Å². The molecular weight excluding hydrogens is 238 g/mol. The fourth-order valence-corrected chi connectivity index (χ4v) is 2.91. The molecule has 2 rings (SSSR count). The minimum atomic E-state index is -0.557. The Kier molecular flexibility index (Phi) is 4.81. The van der Waals surface area contributed by atoms with Crippen LogP contribution in [-0.2, 0) is 0 Å². The number of aliphatic hydroxyl groups is 1. The average molecular weight is 259 g/mol. The zero-order valence-corrected chi connectivity index (χ0v) is 11.4. The highest BCUT2D eigenvalue weighted by atomic mass is 16.5. The molecule has 0 aromatic heterocycles. The second-order valence-electron chi connectivity index (χ2n) is 5.27. The summed E-state index contributed by atoms with van der Waals surface area (Å²) in [5.74, 6) is 0.599. The summed E-state index contributed by atoms with van der Waals surface area (Å²) >= 11 is 0. The number of hydrogen-bond donors (Lipinski definition) is 1. The largest absolute Gasteiger partial charge is 0.497 e. The molecule has 0 aliphatic heterocycles. The van der Waals surface area contributed by atoms with Crippen LogP contribution >= 0.6 is 0 Å². The van der Waals surface area contributed by atoms with Gasteiger partial charge in [0.2, 0.25) is 0 Å². The first kappa shape index (κ1) is 13.9. The van der Waals surface area contributed by atoms with E-state index in [1.165, 1.54) is 19.3 Å². The van der Waals surface area contributed by atoms with Gasteiger partial charge in [-0.2, -0.15) is 5.26 Å². The van der Waals surface area contributed by atoms with Gasteiger partial charge < -0.3 is 9.84 Å². The predicted molar refractivity (Wildman–Crippen MR) is 73.9 cm³/mol. The maximum atomic E-state index is 10.5. The van der Waals surface area contributed by atoms with Crippen LogP contribution in [0.4, 0.5) is 0 Å². The molecule has 3 heteroatoms. The van der Waals surface area contributed by atoms with E-state index in [1.807, 2.05) is 24.3 Å². The SMILES string of the molecule is COc1ccc(C(C#N)C(O)C2CCCCC2)cc1. The lowest BCUT2D eigenvalue weighted by molar-refractivity contribution is 0.0744. The summed E-state index contributed by atoms with van der Waals surface area (Å²) in [4.78, 5) is 0. The number of benzene rings is 1. The molecule has 0 radical (unpaired) electrons. The van der Waals surface area contributed by atoms with Gasteiger partial charge in [-0.25, -0.2) is 0 Å². The number of aliphatic hydroxyl groups excluding tert-OH is 1. The van der Waals surface area contributed by atoms with Crippen molar-refractivity contribution < 1.29 is 9.84 Å². The highest BCUT2D eigenvalue weighted by Crippen LogP contribution is 2.33. The van der Waals surface area contributed by atoms with E-state index in [2.05, 4.69) is 6.07 Å². The van der Waals surface area contributed by atoms with Crippen molar-refractivity contribution in [3.05, 3.63) is 29.8 Å². The van der Waals surface area contributed by atoms with Crippen molar-refractivity contribution in [2.75, 3.05) is 7.11 Å². The molecule has 3 nitrogen and oxygen atoms in total. The number of nitriles is 1. The lowest BCUT2D eigenvalue weighted by Crippen LogP contribution is -2.28. The van der Waals surface area contributed by atoms with E-state index in [-0.39, 0.29) is 5.92 Å². The van der Waals surface area contributed by atoms with Crippen molar-refractivity contribution in [3.63, 3.8) is 0 Å². The van der Waals surface area contributed by atoms with Crippen LogP contribution in [0.15, 0.2) is 24.3 Å². The lowest BCUT2D eigenvalue weighted by atomic mass is 9.79. The molecule has 1 fully saturated rings. The summed E-state index contributed by atoms with van der Waals surface area (Å²) in [6.07, 6.45) is 5.11. The molecule has 1 aromatic rings. The zero-order valence-electron chi connectivity index (χ0n) is 11.4. The molecule has 0 amide bonds. The van der Waals surface area contributed by atoms with Crippen LogP contribution in [0.5, 0.6) is 5.75 Å². The third-order valence-corrected chi connectivity index (χ3v) is 4.09. The Morgan fingerprint density at radius 3 is 2.37 bits per heavy atom. The molecule has 0 saturated heterocycles. The van der Waals surface area contributed by atoms with Gasteiger partial charge in [-0.05, 0) is 36.5 Å². The van der Waals surface area contributed by atoms with Gasteiger partial charge in [-0.1, -0.05) is 31.4 Å². The van der Waals surface area contributed by atoms with E-state index in [0.717, 1.165) is 24.2 Å². The van der Waals surface area contributed by atoms with Crippen molar-refractivity contribution in [1.29, 1.82) is 5.26 Å². The smallest absolute Gasteiger partial charge is 0.118 e. The van der Waals surface area contributed by atoms with E-state index < -0.39 is 12.0 Å². The molecular formula is C16H21NO2. The van der Waals surface area contributed by atoms with Crippen LogP contribution in [0.2, 0.25) is 0 Å². The first-order valence-corrected chi connectivity index (χ1v) is 6.98. The van der Waals surface area contributed by atoms with Crippen molar-refractivity contribution in [3.8, 4) is 11.8 Å². The number of rotatable bonds is 4. The third-order valence-electron chi connectivity index (χ3n) is 4.09. The quantitative estimate of drug-likeness (QED) is 0.903. The van der Waals surface area contributed by atoms with Crippen molar-refractivity contribution in [1.82, 2.24) is 0 Å². The second-order valence-corrected chi connectivity index (χ2v) is 5.27. The Hall–Kier alpha value is -1.53. The Bertz CT molecular complexity index is 429. The number of nitrogens with zero attached hydrogens (tertiary/aromatic N) is 1. The summed E-state index contributed by atoms with van der Waals surface area (Å²) in [6, 6.07) is 9.69. The summed E-state index contributed by atoms with van der Waals surface area (Å²) in [5, 5.41) is 19.8. The van der Waals surface area contributed by atoms with Gasteiger partial charge in [0.15, 0.2) is 0 Å². The summed E-state index contributed by atoms with van der Waals surface area (Å²) < 4.78 is 5.11. The fourth-order valence-electron chi connectivity index (χ4n) is 2.91. The van der Waals surface area contributed by atoms with E-state index in [9.17, 15) is 10.4 Å². The minimum Gasteiger partial charge on any atom is -0.497 e. The Labute approximate surface area is 114 Å². The number of ether oxygens (including phenoxy) is 1. The zero-order chi connectivity index (χ0) is 13.7. The van der Waals surface area contributed by atoms with Crippen LogP contribution in [0.1, 0.15) is 43.6 Å². The van der Waals surface area contributed by atoms with Crippen LogP contribution in [-0.4, -0.2) is 18.3 Å². The van der Waals surface area contributed by atoms with E-state index in [1.54, 1.807) is 7.11 Å². The maximum absolute atomic E-state index is 10.5. The molecule has 2 unspecified atom stereocenters. The van der Waals surface area contributed by atoms with Gasteiger partial charge in [0.1, 0.15) is 5.75 Å². The lowest BCUT2D eigenvalue weighted by Gasteiger charge is -2.29. The summed E-state index contributed by atoms with van der Waals surface area (Å²) in [6.45, 7) is 0. The standard InChI is InChI=1S/C16H21NO2/c1-19-14-9-7-12(8-10-14)15(11-17)16(18)13-5-3-2-4-6-13/h7-10,13,15-16,18H,2-6H2,1H3. The highest BCUT2D eigenvalue weighted by Gasteiger charge is 2.29. The van der Waals surface area contributed by atoms with Crippen LogP contribution in [0, 0.1) is 17.2 Å². The molecule has 2 atom stereocenters. The first-order valence-electron chi connectivity index (χ1n) is 6.98. The van der Waals surface area contributed by atoms with Crippen molar-refractivity contribution in [2.45, 2.75) is 44.1 Å². The molecule has 0 bridgehead atoms. The Balaban J connectivity index is 2.11. The Morgan fingerprint density at radius 1 is 1.21 bits per heavy atom. The molecule has 102 valence electrons. The summed E-state index contributed by atoms with van der Waals surface area (Å²) in [7, 11) is 1.62. The molecule has 0 heterocycles. The monoisotopic (exact) mass is 259 g/mol. The fraction of sp³-hybridized carbons (Fsp3) is 0.562. The molecule has 1 saturated carbocycles. The van der Waals surface area contributed by atoms with Gasteiger partial charge in [0.05, 0.1) is 25.2 Å². The maximum Gasteiger partial charge on any atom is 0.118 e. The van der Waals surface area contributed by atoms with Crippen LogP contribution in [0.25, 0.3) is 0 Å². The average Bonchev–Trinajstić information content (AvgIpc) is 2.49. The van der Waals surface area contributed by atoms with E-state index in [4.69, 9.17) is 4.74 Å². The minimum absolute atomic E-state index is 0.264. The normalized spacial score (nSPS) is 19.4. The first-order chi connectivity index (χ1) is 9.26. The van der Waals surface area contributed by atoms with Gasteiger partial charge in [0.25, 0.3) is 0 Å². The molecule has 1 aliphatic carbocycles. The van der Waals surface area contributed by atoms with Gasteiger partial charge >= 0.3 is 0 Å². The molecule has 19 heavy (non-hydrogen) atoms.